The Bertz CT molecular complexity index is 553. The van der Waals surface area contributed by atoms with E-state index in [1.807, 2.05) is 0 Å². The predicted octanol–water partition coefficient (Wildman–Crippen LogP) is 2.66. The summed E-state index contributed by atoms with van der Waals surface area (Å²) in [6, 6.07) is 2.75. The molecular weight excluding hydrogens is 277 g/mol. The highest BCUT2D eigenvalue weighted by Gasteiger charge is 2.29. The minimum absolute atomic E-state index is 0.0417. The van der Waals surface area contributed by atoms with Crippen molar-refractivity contribution in [2.45, 2.75) is 30.5 Å². The highest BCUT2D eigenvalue weighted by Crippen LogP contribution is 2.26. The Hall–Kier alpha value is -0.650. The minimum Gasteiger partial charge on any atom is -0.207 e. The van der Waals surface area contributed by atoms with E-state index in [0.29, 0.717) is 18.7 Å². The monoisotopic (exact) mass is 291 g/mol. The van der Waals surface area contributed by atoms with E-state index in [4.69, 9.17) is 11.6 Å². The molecule has 0 bridgehead atoms. The molecule has 0 aromatic heterocycles. The van der Waals surface area contributed by atoms with Gasteiger partial charge in [0.15, 0.2) is 0 Å². The highest BCUT2D eigenvalue weighted by atomic mass is 35.5. The zero-order valence-electron chi connectivity index (χ0n) is 10.1. The van der Waals surface area contributed by atoms with Crippen LogP contribution in [0.2, 0.25) is 0 Å². The van der Waals surface area contributed by atoms with Crippen LogP contribution in [-0.4, -0.2) is 25.8 Å². The molecule has 0 spiro atoms. The maximum absolute atomic E-state index is 13.7. The van der Waals surface area contributed by atoms with Crippen molar-refractivity contribution in [2.75, 3.05) is 13.1 Å². The van der Waals surface area contributed by atoms with Crippen LogP contribution in [0.3, 0.4) is 0 Å². The molecule has 0 amide bonds. The average molecular weight is 292 g/mol. The third-order valence-corrected chi connectivity index (χ3v) is 5.53. The van der Waals surface area contributed by atoms with Gasteiger partial charge in [-0.1, -0.05) is 0 Å². The molecule has 0 aliphatic carbocycles. The summed E-state index contributed by atoms with van der Waals surface area (Å²) < 4.78 is 39.9. The van der Waals surface area contributed by atoms with Gasteiger partial charge < -0.3 is 0 Å². The van der Waals surface area contributed by atoms with E-state index < -0.39 is 15.8 Å². The molecule has 0 unspecified atom stereocenters. The van der Waals surface area contributed by atoms with Crippen LogP contribution in [0, 0.1) is 12.7 Å². The second-order valence-electron chi connectivity index (χ2n) is 4.45. The second kappa shape index (κ2) is 5.15. The lowest BCUT2D eigenvalue weighted by Crippen LogP contribution is -2.28. The molecule has 0 atom stereocenters. The quantitative estimate of drug-likeness (QED) is 0.803. The summed E-state index contributed by atoms with van der Waals surface area (Å²) in [5.74, 6) is -0.425. The van der Waals surface area contributed by atoms with Crippen LogP contribution in [0.1, 0.15) is 24.0 Å². The first-order valence-corrected chi connectivity index (χ1v) is 7.79. The van der Waals surface area contributed by atoms with Crippen molar-refractivity contribution < 1.29 is 12.8 Å². The lowest BCUT2D eigenvalue weighted by atomic mass is 10.1. The van der Waals surface area contributed by atoms with Gasteiger partial charge in [0.25, 0.3) is 0 Å². The number of rotatable bonds is 3. The maximum atomic E-state index is 13.7. The molecule has 0 saturated carbocycles. The largest absolute Gasteiger partial charge is 0.243 e. The van der Waals surface area contributed by atoms with E-state index in [1.54, 1.807) is 0 Å². The molecule has 1 aromatic carbocycles. The number of hydrogen-bond acceptors (Lipinski definition) is 2. The Morgan fingerprint density at radius 3 is 2.50 bits per heavy atom. The minimum atomic E-state index is -3.59. The molecule has 0 radical (unpaired) electrons. The smallest absolute Gasteiger partial charge is 0.207 e. The lowest BCUT2D eigenvalue weighted by molar-refractivity contribution is 0.475. The standard InChI is InChI=1S/C12H15ClFNO2S/c1-9-11(14)6-10(8-13)7-12(9)18(16,17)15-4-2-3-5-15/h6-7H,2-5,8H2,1H3. The molecule has 0 N–H and O–H groups in total. The molecule has 1 heterocycles. The van der Waals surface area contributed by atoms with E-state index in [0.717, 1.165) is 12.8 Å². The van der Waals surface area contributed by atoms with Gasteiger partial charge >= 0.3 is 0 Å². The van der Waals surface area contributed by atoms with E-state index in [1.165, 1.54) is 23.4 Å². The van der Waals surface area contributed by atoms with Crippen molar-refractivity contribution in [1.82, 2.24) is 4.31 Å². The van der Waals surface area contributed by atoms with Crippen molar-refractivity contribution in [1.29, 1.82) is 0 Å². The van der Waals surface area contributed by atoms with Crippen LogP contribution in [0.4, 0.5) is 4.39 Å². The molecular formula is C12H15ClFNO2S. The number of nitrogens with zero attached hydrogens (tertiary/aromatic N) is 1. The molecule has 1 saturated heterocycles. The number of alkyl halides is 1. The van der Waals surface area contributed by atoms with Crippen LogP contribution in [0.5, 0.6) is 0 Å². The van der Waals surface area contributed by atoms with E-state index in [2.05, 4.69) is 0 Å². The zero-order chi connectivity index (χ0) is 13.3. The van der Waals surface area contributed by atoms with Crippen molar-refractivity contribution in [3.05, 3.63) is 29.1 Å². The van der Waals surface area contributed by atoms with E-state index in [-0.39, 0.29) is 16.3 Å². The van der Waals surface area contributed by atoms with Gasteiger partial charge in [0.05, 0.1) is 4.90 Å². The second-order valence-corrected chi connectivity index (χ2v) is 6.62. The SMILES string of the molecule is Cc1c(F)cc(CCl)cc1S(=O)(=O)N1CCCC1. The normalized spacial score (nSPS) is 17.3. The van der Waals surface area contributed by atoms with Crippen molar-refractivity contribution in [2.24, 2.45) is 0 Å². The number of sulfonamides is 1. The third-order valence-electron chi connectivity index (χ3n) is 3.19. The summed E-state index contributed by atoms with van der Waals surface area (Å²) >= 11 is 5.66. The molecule has 2 rings (SSSR count). The molecule has 1 aliphatic heterocycles. The summed E-state index contributed by atoms with van der Waals surface area (Å²) in [6.45, 7) is 2.50. The molecule has 3 nitrogen and oxygen atoms in total. The maximum Gasteiger partial charge on any atom is 0.243 e. The van der Waals surface area contributed by atoms with Crippen molar-refractivity contribution in [3.8, 4) is 0 Å². The summed E-state index contributed by atoms with van der Waals surface area (Å²) in [5.41, 5.74) is 0.647. The predicted molar refractivity (Wildman–Crippen MR) is 68.7 cm³/mol. The third kappa shape index (κ3) is 2.39. The van der Waals surface area contributed by atoms with E-state index in [9.17, 15) is 12.8 Å². The molecule has 1 aromatic rings. The molecule has 100 valence electrons. The number of hydrogen-bond donors (Lipinski definition) is 0. The van der Waals surface area contributed by atoms with Crippen LogP contribution in [0.25, 0.3) is 0 Å². The van der Waals surface area contributed by atoms with Gasteiger partial charge in [-0.2, -0.15) is 4.31 Å². The van der Waals surface area contributed by atoms with Crippen LogP contribution in [0.15, 0.2) is 17.0 Å². The van der Waals surface area contributed by atoms with Gasteiger partial charge in [0.1, 0.15) is 5.82 Å². The van der Waals surface area contributed by atoms with Gasteiger partial charge in [-0.25, -0.2) is 12.8 Å². The molecule has 18 heavy (non-hydrogen) atoms. The zero-order valence-corrected chi connectivity index (χ0v) is 11.7. The first kappa shape index (κ1) is 13.8. The van der Waals surface area contributed by atoms with Gasteiger partial charge in [0, 0.05) is 24.5 Å². The molecule has 1 aliphatic rings. The topological polar surface area (TPSA) is 37.4 Å². The Balaban J connectivity index is 2.52. The average Bonchev–Trinajstić information content (AvgIpc) is 2.86. The Labute approximate surface area is 112 Å². The fraction of sp³-hybridized carbons (Fsp3) is 0.500. The molecule has 1 fully saturated rings. The number of benzene rings is 1. The first-order valence-electron chi connectivity index (χ1n) is 5.82. The van der Waals surface area contributed by atoms with Crippen molar-refractivity contribution >= 4 is 21.6 Å². The highest BCUT2D eigenvalue weighted by molar-refractivity contribution is 7.89. The Morgan fingerprint density at radius 2 is 1.94 bits per heavy atom. The Morgan fingerprint density at radius 1 is 1.33 bits per heavy atom. The Kier molecular flexibility index (Phi) is 3.94. The van der Waals surface area contributed by atoms with Gasteiger partial charge in [0.2, 0.25) is 10.0 Å². The fourth-order valence-corrected chi connectivity index (χ4v) is 4.08. The van der Waals surface area contributed by atoms with Gasteiger partial charge in [-0.3, -0.25) is 0 Å². The van der Waals surface area contributed by atoms with Crippen LogP contribution < -0.4 is 0 Å². The molecule has 6 heteroatoms. The van der Waals surface area contributed by atoms with Crippen LogP contribution >= 0.6 is 11.6 Å². The fourth-order valence-electron chi connectivity index (χ4n) is 2.12. The first-order chi connectivity index (χ1) is 8.46. The van der Waals surface area contributed by atoms with Gasteiger partial charge in [-0.15, -0.1) is 11.6 Å². The summed E-state index contributed by atoms with van der Waals surface area (Å²) in [7, 11) is -3.59. The lowest BCUT2D eigenvalue weighted by Gasteiger charge is -2.18. The summed E-state index contributed by atoms with van der Waals surface area (Å²) in [4.78, 5) is 0.0417. The summed E-state index contributed by atoms with van der Waals surface area (Å²) in [6.07, 6.45) is 1.71. The van der Waals surface area contributed by atoms with Crippen LogP contribution in [-0.2, 0) is 15.9 Å². The van der Waals surface area contributed by atoms with Gasteiger partial charge in [-0.05, 0) is 37.5 Å². The number of halogens is 2. The van der Waals surface area contributed by atoms with E-state index >= 15 is 0 Å². The van der Waals surface area contributed by atoms with Crippen molar-refractivity contribution in [3.63, 3.8) is 0 Å². The summed E-state index contributed by atoms with van der Waals surface area (Å²) in [5, 5.41) is 0.